The summed E-state index contributed by atoms with van der Waals surface area (Å²) in [6.45, 7) is 5.45. The van der Waals surface area contributed by atoms with Gasteiger partial charge < -0.3 is 4.90 Å². The summed E-state index contributed by atoms with van der Waals surface area (Å²) in [6.07, 6.45) is 2.95. The van der Waals surface area contributed by atoms with Crippen molar-refractivity contribution in [2.24, 2.45) is 11.8 Å². The van der Waals surface area contributed by atoms with Crippen LogP contribution in [0.5, 0.6) is 0 Å². The van der Waals surface area contributed by atoms with E-state index in [-0.39, 0.29) is 5.92 Å². The Morgan fingerprint density at radius 3 is 2.50 bits per heavy atom. The number of carbonyl (C=O) groups is 1. The van der Waals surface area contributed by atoms with Crippen LogP contribution in [0.1, 0.15) is 13.3 Å². The van der Waals surface area contributed by atoms with Crippen LogP contribution in [-0.2, 0) is 4.79 Å². The van der Waals surface area contributed by atoms with Gasteiger partial charge >= 0.3 is 0 Å². The van der Waals surface area contributed by atoms with E-state index in [9.17, 15) is 4.79 Å². The van der Waals surface area contributed by atoms with Crippen LogP contribution < -0.4 is 0 Å². The van der Waals surface area contributed by atoms with Crippen LogP contribution >= 0.6 is 0 Å². The van der Waals surface area contributed by atoms with Crippen molar-refractivity contribution in [1.29, 1.82) is 0 Å². The molecule has 0 amide bonds. The molecule has 68 valence electrons. The minimum absolute atomic E-state index is 0.239. The van der Waals surface area contributed by atoms with E-state index in [1.807, 2.05) is 20.2 Å². The first-order valence-corrected chi connectivity index (χ1v) is 4.37. The lowest BCUT2D eigenvalue weighted by Gasteiger charge is -2.45. The average Bonchev–Trinajstić information content (AvgIpc) is 1.83. The van der Waals surface area contributed by atoms with Gasteiger partial charge in [0.1, 0.15) is 5.78 Å². The third-order valence-electron chi connectivity index (χ3n) is 2.80. The van der Waals surface area contributed by atoms with Crippen LogP contribution in [0.4, 0.5) is 0 Å². The highest BCUT2D eigenvalue weighted by Gasteiger charge is 2.42. The molecular weight excluding hydrogens is 150 g/mol. The van der Waals surface area contributed by atoms with Crippen molar-refractivity contribution in [3.8, 4) is 0 Å². The molecule has 2 nitrogen and oxygen atoms in total. The second-order valence-corrected chi connectivity index (χ2v) is 3.81. The third-order valence-corrected chi connectivity index (χ3v) is 2.80. The second-order valence-electron chi connectivity index (χ2n) is 3.81. The van der Waals surface area contributed by atoms with E-state index in [1.54, 1.807) is 6.92 Å². The number of hydrogen-bond donors (Lipinski definition) is 0. The minimum Gasteiger partial charge on any atom is -0.305 e. The average molecular weight is 167 g/mol. The second kappa shape index (κ2) is 3.40. The Balaban J connectivity index is 2.62. The Labute approximate surface area is 74.2 Å². The van der Waals surface area contributed by atoms with Gasteiger partial charge in [-0.15, -0.1) is 6.58 Å². The number of nitrogens with zero attached hydrogens (tertiary/aromatic N) is 1. The quantitative estimate of drug-likeness (QED) is 0.591. The molecule has 0 aromatic heterocycles. The van der Waals surface area contributed by atoms with Gasteiger partial charge in [0.05, 0.1) is 0 Å². The van der Waals surface area contributed by atoms with E-state index in [0.717, 1.165) is 6.42 Å². The number of Topliss-reactive ketones (excluding diaryl/α,β-unsaturated/α-hetero) is 1. The topological polar surface area (TPSA) is 20.3 Å². The summed E-state index contributed by atoms with van der Waals surface area (Å²) in [5.74, 6) is 1.06. The van der Waals surface area contributed by atoms with Crippen molar-refractivity contribution < 1.29 is 4.79 Å². The van der Waals surface area contributed by atoms with E-state index in [1.165, 1.54) is 0 Å². The van der Waals surface area contributed by atoms with Gasteiger partial charge in [-0.3, -0.25) is 4.79 Å². The van der Waals surface area contributed by atoms with E-state index >= 15 is 0 Å². The van der Waals surface area contributed by atoms with Gasteiger partial charge in [0, 0.05) is 12.0 Å². The molecule has 0 spiro atoms. The maximum atomic E-state index is 11.1. The van der Waals surface area contributed by atoms with Crippen molar-refractivity contribution >= 4 is 5.78 Å². The van der Waals surface area contributed by atoms with Crippen molar-refractivity contribution in [2.45, 2.75) is 19.4 Å². The molecule has 0 saturated heterocycles. The molecule has 2 heteroatoms. The lowest BCUT2D eigenvalue weighted by atomic mass is 9.67. The van der Waals surface area contributed by atoms with Gasteiger partial charge in [-0.25, -0.2) is 0 Å². The summed E-state index contributed by atoms with van der Waals surface area (Å²) in [4.78, 5) is 13.3. The molecular formula is C10H17NO. The molecule has 0 aromatic carbocycles. The van der Waals surface area contributed by atoms with Crippen molar-refractivity contribution in [3.63, 3.8) is 0 Å². The largest absolute Gasteiger partial charge is 0.305 e. The van der Waals surface area contributed by atoms with Crippen LogP contribution in [0.15, 0.2) is 12.7 Å². The molecule has 0 heterocycles. The summed E-state index contributed by atoms with van der Waals surface area (Å²) in [5, 5.41) is 0. The molecule has 0 bridgehead atoms. The SMILES string of the molecule is C=CC1CC(C(C)=O)C1N(C)C. The Morgan fingerprint density at radius 2 is 2.17 bits per heavy atom. The molecule has 12 heavy (non-hydrogen) atoms. The predicted molar refractivity (Wildman–Crippen MR) is 50.0 cm³/mol. The zero-order valence-electron chi connectivity index (χ0n) is 8.08. The van der Waals surface area contributed by atoms with Gasteiger partial charge in [-0.05, 0) is 33.4 Å². The summed E-state index contributed by atoms with van der Waals surface area (Å²) in [7, 11) is 4.05. The van der Waals surface area contributed by atoms with Gasteiger partial charge in [-0.2, -0.15) is 0 Å². The molecule has 1 rings (SSSR count). The minimum atomic E-state index is 0.239. The Hall–Kier alpha value is -0.630. The zero-order chi connectivity index (χ0) is 9.30. The molecule has 0 aliphatic heterocycles. The van der Waals surface area contributed by atoms with Gasteiger partial charge in [0.2, 0.25) is 0 Å². The van der Waals surface area contributed by atoms with E-state index in [4.69, 9.17) is 0 Å². The predicted octanol–water partition coefficient (Wildman–Crippen LogP) is 1.33. The number of hydrogen-bond acceptors (Lipinski definition) is 2. The van der Waals surface area contributed by atoms with Crippen LogP contribution in [0.3, 0.4) is 0 Å². The lowest BCUT2D eigenvalue weighted by Crippen LogP contribution is -2.52. The highest BCUT2D eigenvalue weighted by atomic mass is 16.1. The van der Waals surface area contributed by atoms with E-state index < -0.39 is 0 Å². The maximum Gasteiger partial charge on any atom is 0.134 e. The zero-order valence-corrected chi connectivity index (χ0v) is 8.08. The molecule has 3 atom stereocenters. The fourth-order valence-electron chi connectivity index (χ4n) is 2.06. The fraction of sp³-hybridized carbons (Fsp3) is 0.700. The Bertz CT molecular complexity index is 198. The number of ketones is 1. The first-order chi connectivity index (χ1) is 5.57. The van der Waals surface area contributed by atoms with Crippen LogP contribution in [0, 0.1) is 11.8 Å². The Kier molecular flexibility index (Phi) is 2.68. The maximum absolute atomic E-state index is 11.1. The molecule has 1 saturated carbocycles. The van der Waals surface area contributed by atoms with Gasteiger partial charge in [0.15, 0.2) is 0 Å². The number of carbonyl (C=O) groups excluding carboxylic acids is 1. The normalized spacial score (nSPS) is 34.5. The fourth-order valence-corrected chi connectivity index (χ4v) is 2.06. The number of rotatable bonds is 3. The van der Waals surface area contributed by atoms with E-state index in [0.29, 0.717) is 17.7 Å². The Morgan fingerprint density at radius 1 is 1.58 bits per heavy atom. The van der Waals surface area contributed by atoms with Crippen molar-refractivity contribution in [2.75, 3.05) is 14.1 Å². The molecule has 1 fully saturated rings. The molecule has 1 aliphatic rings. The summed E-state index contributed by atoms with van der Waals surface area (Å²) in [6, 6.07) is 0.389. The summed E-state index contributed by atoms with van der Waals surface area (Å²) in [5.41, 5.74) is 0. The van der Waals surface area contributed by atoms with Crippen LogP contribution in [0.25, 0.3) is 0 Å². The molecule has 0 aromatic rings. The van der Waals surface area contributed by atoms with E-state index in [2.05, 4.69) is 11.5 Å². The standard InChI is InChI=1S/C10H17NO/c1-5-8-6-9(7(2)12)10(8)11(3)4/h5,8-10H,1,6H2,2-4H3. The highest BCUT2D eigenvalue weighted by molar-refractivity contribution is 5.80. The summed E-state index contributed by atoms with van der Waals surface area (Å²) < 4.78 is 0. The van der Waals surface area contributed by atoms with Gasteiger partial charge in [0.25, 0.3) is 0 Å². The molecule has 0 N–H and O–H groups in total. The highest BCUT2D eigenvalue weighted by Crippen LogP contribution is 2.38. The van der Waals surface area contributed by atoms with Crippen LogP contribution in [0.2, 0.25) is 0 Å². The van der Waals surface area contributed by atoms with Gasteiger partial charge in [-0.1, -0.05) is 6.08 Å². The first kappa shape index (κ1) is 9.46. The van der Waals surface area contributed by atoms with Crippen LogP contribution in [-0.4, -0.2) is 30.8 Å². The first-order valence-electron chi connectivity index (χ1n) is 4.37. The van der Waals surface area contributed by atoms with Crippen molar-refractivity contribution in [3.05, 3.63) is 12.7 Å². The monoisotopic (exact) mass is 167 g/mol. The third kappa shape index (κ3) is 1.44. The van der Waals surface area contributed by atoms with Crippen molar-refractivity contribution in [1.82, 2.24) is 4.90 Å². The molecule has 3 unspecified atom stereocenters. The molecule has 1 aliphatic carbocycles. The molecule has 0 radical (unpaired) electrons. The lowest BCUT2D eigenvalue weighted by molar-refractivity contribution is -0.128. The smallest absolute Gasteiger partial charge is 0.134 e. The summed E-state index contributed by atoms with van der Waals surface area (Å²) >= 11 is 0.